The van der Waals surface area contributed by atoms with E-state index in [1.807, 2.05) is 18.4 Å². The number of thiophene rings is 1. The second-order valence-electron chi connectivity index (χ2n) is 3.85. The van der Waals surface area contributed by atoms with E-state index in [9.17, 15) is 9.90 Å². The quantitative estimate of drug-likeness (QED) is 0.843. The minimum atomic E-state index is -1.04. The second kappa shape index (κ2) is 6.76. The third-order valence-corrected chi connectivity index (χ3v) is 4.45. The van der Waals surface area contributed by atoms with E-state index >= 15 is 0 Å². The maximum absolute atomic E-state index is 11.3. The zero-order valence-electron chi connectivity index (χ0n) is 10.8. The van der Waals surface area contributed by atoms with E-state index in [-0.39, 0.29) is 11.3 Å². The molecule has 1 heterocycles. The van der Waals surface area contributed by atoms with Gasteiger partial charge in [0.2, 0.25) is 0 Å². The van der Waals surface area contributed by atoms with E-state index in [0.717, 1.165) is 9.35 Å². The molecule has 0 aliphatic rings. The molecule has 0 radical (unpaired) electrons. The summed E-state index contributed by atoms with van der Waals surface area (Å²) >= 11 is 4.96. The molecule has 2 aromatic rings. The van der Waals surface area contributed by atoms with Crippen LogP contribution in [-0.4, -0.2) is 17.7 Å². The normalized spacial score (nSPS) is 10.3. The van der Waals surface area contributed by atoms with Gasteiger partial charge in [-0.05, 0) is 46.4 Å². The van der Waals surface area contributed by atoms with Crippen molar-refractivity contribution in [2.45, 2.75) is 13.5 Å². The Morgan fingerprint density at radius 1 is 1.35 bits per heavy atom. The first-order valence-electron chi connectivity index (χ1n) is 5.97. The van der Waals surface area contributed by atoms with Crippen LogP contribution in [0.1, 0.15) is 22.2 Å². The summed E-state index contributed by atoms with van der Waals surface area (Å²) in [5.74, 6) is -0.325. The summed E-state index contributed by atoms with van der Waals surface area (Å²) < 4.78 is 12.1. The molecule has 6 heteroatoms. The van der Waals surface area contributed by atoms with Gasteiger partial charge in [0, 0.05) is 4.47 Å². The van der Waals surface area contributed by atoms with Crippen LogP contribution in [0.2, 0.25) is 0 Å². The summed E-state index contributed by atoms with van der Waals surface area (Å²) in [5.41, 5.74) is 0.101. The van der Waals surface area contributed by atoms with E-state index in [2.05, 4.69) is 15.9 Å². The van der Waals surface area contributed by atoms with Gasteiger partial charge >= 0.3 is 5.97 Å². The number of carboxylic acid groups (broad SMARTS) is 1. The molecule has 0 spiro atoms. The Labute approximate surface area is 129 Å². The van der Waals surface area contributed by atoms with Crippen molar-refractivity contribution in [3.63, 3.8) is 0 Å². The molecule has 0 saturated heterocycles. The number of ether oxygens (including phenoxy) is 2. The number of aromatic carboxylic acids is 1. The van der Waals surface area contributed by atoms with Crippen molar-refractivity contribution in [2.75, 3.05) is 6.61 Å². The van der Waals surface area contributed by atoms with Crippen molar-refractivity contribution in [1.29, 1.82) is 0 Å². The van der Waals surface area contributed by atoms with Crippen molar-refractivity contribution in [3.05, 3.63) is 44.6 Å². The monoisotopic (exact) mass is 356 g/mol. The van der Waals surface area contributed by atoms with Crippen molar-refractivity contribution < 1.29 is 19.4 Å². The summed E-state index contributed by atoms with van der Waals surface area (Å²) in [6.45, 7) is 2.58. The molecule has 2 rings (SSSR count). The fourth-order valence-electron chi connectivity index (χ4n) is 1.67. The standard InChI is InChI=1S/C14H13BrO4S/c1-2-18-11-5-3-4-9(14(16)17)13(11)19-8-12-10(15)6-7-20-12/h3-7H,2,8H2,1H3,(H,16,17). The van der Waals surface area contributed by atoms with Gasteiger partial charge in [0.05, 0.1) is 11.5 Å². The summed E-state index contributed by atoms with van der Waals surface area (Å²) in [5, 5.41) is 11.2. The Kier molecular flexibility index (Phi) is 5.03. The zero-order chi connectivity index (χ0) is 14.5. The fourth-order valence-corrected chi connectivity index (χ4v) is 3.05. The van der Waals surface area contributed by atoms with E-state index < -0.39 is 5.97 Å². The highest BCUT2D eigenvalue weighted by Gasteiger charge is 2.17. The minimum absolute atomic E-state index is 0.101. The van der Waals surface area contributed by atoms with Crippen molar-refractivity contribution in [1.82, 2.24) is 0 Å². The first-order valence-corrected chi connectivity index (χ1v) is 7.64. The van der Waals surface area contributed by atoms with Crippen LogP contribution < -0.4 is 9.47 Å². The number of carboxylic acids is 1. The molecule has 0 fully saturated rings. The summed E-state index contributed by atoms with van der Waals surface area (Å²) in [4.78, 5) is 12.3. The maximum Gasteiger partial charge on any atom is 0.339 e. The molecule has 0 atom stereocenters. The smallest absolute Gasteiger partial charge is 0.339 e. The predicted octanol–water partition coefficient (Wildman–Crippen LogP) is 4.19. The fraction of sp³-hybridized carbons (Fsp3) is 0.214. The lowest BCUT2D eigenvalue weighted by atomic mass is 10.2. The maximum atomic E-state index is 11.3. The summed E-state index contributed by atoms with van der Waals surface area (Å²) in [6.07, 6.45) is 0. The van der Waals surface area contributed by atoms with Gasteiger partial charge in [-0.25, -0.2) is 4.79 Å². The van der Waals surface area contributed by atoms with Gasteiger partial charge in [-0.1, -0.05) is 6.07 Å². The van der Waals surface area contributed by atoms with Gasteiger partial charge in [0.25, 0.3) is 0 Å². The SMILES string of the molecule is CCOc1cccc(C(=O)O)c1OCc1sccc1Br. The highest BCUT2D eigenvalue weighted by molar-refractivity contribution is 9.10. The third-order valence-electron chi connectivity index (χ3n) is 2.55. The molecule has 1 aromatic carbocycles. The van der Waals surface area contributed by atoms with Gasteiger partial charge in [-0.15, -0.1) is 11.3 Å². The average molecular weight is 357 g/mol. The number of hydrogen-bond donors (Lipinski definition) is 1. The average Bonchev–Trinajstić information content (AvgIpc) is 2.83. The van der Waals surface area contributed by atoms with Crippen molar-refractivity contribution >= 4 is 33.2 Å². The van der Waals surface area contributed by atoms with Crippen LogP contribution in [0, 0.1) is 0 Å². The lowest BCUT2D eigenvalue weighted by Crippen LogP contribution is -2.05. The van der Waals surface area contributed by atoms with Crippen LogP contribution in [0.15, 0.2) is 34.1 Å². The number of hydrogen-bond acceptors (Lipinski definition) is 4. The Balaban J connectivity index is 2.28. The van der Waals surface area contributed by atoms with E-state index in [0.29, 0.717) is 19.0 Å². The molecule has 1 N–H and O–H groups in total. The highest BCUT2D eigenvalue weighted by Crippen LogP contribution is 2.33. The van der Waals surface area contributed by atoms with Gasteiger partial charge in [0.15, 0.2) is 11.5 Å². The molecular weight excluding hydrogens is 344 g/mol. The Morgan fingerprint density at radius 2 is 2.15 bits per heavy atom. The van der Waals surface area contributed by atoms with Crippen LogP contribution in [0.25, 0.3) is 0 Å². The molecule has 106 valence electrons. The third kappa shape index (κ3) is 3.32. The van der Waals surface area contributed by atoms with Crippen LogP contribution in [0.5, 0.6) is 11.5 Å². The molecule has 0 saturated carbocycles. The van der Waals surface area contributed by atoms with Gasteiger partial charge < -0.3 is 14.6 Å². The summed E-state index contributed by atoms with van der Waals surface area (Å²) in [6, 6.07) is 6.77. The number of benzene rings is 1. The van der Waals surface area contributed by atoms with Gasteiger partial charge in [-0.2, -0.15) is 0 Å². The lowest BCUT2D eigenvalue weighted by Gasteiger charge is -2.13. The Bertz CT molecular complexity index is 609. The first-order chi connectivity index (χ1) is 9.63. The van der Waals surface area contributed by atoms with Crippen LogP contribution in [-0.2, 0) is 6.61 Å². The van der Waals surface area contributed by atoms with Crippen LogP contribution in [0.3, 0.4) is 0 Å². The Hall–Kier alpha value is -1.53. The topological polar surface area (TPSA) is 55.8 Å². The molecule has 0 aliphatic heterocycles. The van der Waals surface area contributed by atoms with Gasteiger partial charge in [-0.3, -0.25) is 0 Å². The second-order valence-corrected chi connectivity index (χ2v) is 5.71. The van der Waals surface area contributed by atoms with E-state index in [1.165, 1.54) is 6.07 Å². The van der Waals surface area contributed by atoms with Crippen LogP contribution in [0.4, 0.5) is 0 Å². The largest absolute Gasteiger partial charge is 0.490 e. The molecule has 0 unspecified atom stereocenters. The molecule has 1 aromatic heterocycles. The van der Waals surface area contributed by atoms with Gasteiger partial charge in [0.1, 0.15) is 12.2 Å². The number of para-hydroxylation sites is 1. The molecule has 20 heavy (non-hydrogen) atoms. The van der Waals surface area contributed by atoms with Crippen molar-refractivity contribution in [3.8, 4) is 11.5 Å². The van der Waals surface area contributed by atoms with Crippen LogP contribution >= 0.6 is 27.3 Å². The minimum Gasteiger partial charge on any atom is -0.490 e. The number of halogens is 1. The number of carbonyl (C=O) groups is 1. The number of rotatable bonds is 6. The summed E-state index contributed by atoms with van der Waals surface area (Å²) in [7, 11) is 0. The molecule has 0 aliphatic carbocycles. The van der Waals surface area contributed by atoms with E-state index in [4.69, 9.17) is 9.47 Å². The Morgan fingerprint density at radius 3 is 2.75 bits per heavy atom. The first kappa shape index (κ1) is 14.9. The molecular formula is C14H13BrO4S. The predicted molar refractivity (Wildman–Crippen MR) is 80.9 cm³/mol. The molecule has 4 nitrogen and oxygen atoms in total. The molecule has 0 amide bonds. The zero-order valence-corrected chi connectivity index (χ0v) is 13.2. The molecule has 0 bridgehead atoms. The highest BCUT2D eigenvalue weighted by atomic mass is 79.9. The van der Waals surface area contributed by atoms with Crippen molar-refractivity contribution in [2.24, 2.45) is 0 Å². The van der Waals surface area contributed by atoms with E-state index in [1.54, 1.807) is 23.5 Å². The lowest BCUT2D eigenvalue weighted by molar-refractivity contribution is 0.0690.